The third kappa shape index (κ3) is 5.34. The van der Waals surface area contributed by atoms with Gasteiger partial charge in [-0.15, -0.1) is 0 Å². The Morgan fingerprint density at radius 2 is 2.19 bits per heavy atom. The number of rotatable bonds is 3. The molecular formula is C9H15F3N2S2. The van der Waals surface area contributed by atoms with E-state index in [9.17, 15) is 13.2 Å². The second-order valence-electron chi connectivity index (χ2n) is 3.70. The van der Waals surface area contributed by atoms with Crippen LogP contribution in [0, 0.1) is 5.92 Å². The normalized spacial score (nSPS) is 29.2. The van der Waals surface area contributed by atoms with Crippen molar-refractivity contribution in [1.29, 1.82) is 0 Å². The fourth-order valence-electron chi connectivity index (χ4n) is 1.13. The first-order chi connectivity index (χ1) is 7.38. The summed E-state index contributed by atoms with van der Waals surface area (Å²) in [5.41, 5.74) is -4.14. The maximum Gasteiger partial charge on any atom is 0.441 e. The van der Waals surface area contributed by atoms with Crippen LogP contribution in [0.1, 0.15) is 13.8 Å². The number of thioether (sulfide) groups is 2. The van der Waals surface area contributed by atoms with Gasteiger partial charge in [0.25, 0.3) is 0 Å². The van der Waals surface area contributed by atoms with E-state index in [2.05, 4.69) is 24.2 Å². The van der Waals surface area contributed by atoms with Crippen LogP contribution in [0.5, 0.6) is 0 Å². The molecule has 1 rings (SSSR count). The Kier molecular flexibility index (Phi) is 5.30. The van der Waals surface area contributed by atoms with Gasteiger partial charge < -0.3 is 5.32 Å². The molecule has 1 saturated heterocycles. The van der Waals surface area contributed by atoms with Crippen molar-refractivity contribution < 1.29 is 13.2 Å². The highest BCUT2D eigenvalue weighted by atomic mass is 32.2. The van der Waals surface area contributed by atoms with Crippen molar-refractivity contribution in [1.82, 2.24) is 5.32 Å². The number of hydrogen-bond donors (Lipinski definition) is 1. The van der Waals surface area contributed by atoms with E-state index in [0.717, 1.165) is 10.9 Å². The predicted octanol–water partition coefficient (Wildman–Crippen LogP) is 2.96. The highest BCUT2D eigenvalue weighted by Crippen LogP contribution is 2.29. The lowest BCUT2D eigenvalue weighted by molar-refractivity contribution is -0.0327. The van der Waals surface area contributed by atoms with Crippen molar-refractivity contribution in [3.8, 4) is 0 Å². The van der Waals surface area contributed by atoms with Crippen LogP contribution in [0.3, 0.4) is 0 Å². The third-order valence-electron chi connectivity index (χ3n) is 2.30. The van der Waals surface area contributed by atoms with Gasteiger partial charge in [0, 0.05) is 17.5 Å². The number of nitrogens with one attached hydrogen (secondary N) is 1. The minimum Gasteiger partial charge on any atom is -0.362 e. The molecule has 2 atom stereocenters. The zero-order valence-electron chi connectivity index (χ0n) is 9.17. The number of amidine groups is 1. The minimum absolute atomic E-state index is 0.0147. The molecule has 0 aromatic heterocycles. The highest BCUT2D eigenvalue weighted by Gasteiger charge is 2.27. The molecule has 2 nitrogen and oxygen atoms in total. The lowest BCUT2D eigenvalue weighted by Crippen LogP contribution is -2.41. The Bertz CT molecular complexity index is 256. The second-order valence-corrected chi connectivity index (χ2v) is 5.87. The van der Waals surface area contributed by atoms with E-state index in [1.165, 1.54) is 0 Å². The summed E-state index contributed by atoms with van der Waals surface area (Å²) in [6.07, 6.45) is 0. The van der Waals surface area contributed by atoms with Gasteiger partial charge in [0.15, 0.2) is 5.17 Å². The molecule has 0 aliphatic carbocycles. The van der Waals surface area contributed by atoms with Gasteiger partial charge in [-0.1, -0.05) is 18.7 Å². The summed E-state index contributed by atoms with van der Waals surface area (Å²) in [7, 11) is 0. The first-order valence-electron chi connectivity index (χ1n) is 5.03. The zero-order valence-corrected chi connectivity index (χ0v) is 10.8. The van der Waals surface area contributed by atoms with Crippen LogP contribution in [-0.2, 0) is 0 Å². The molecular weight excluding hydrogens is 257 g/mol. The van der Waals surface area contributed by atoms with Crippen molar-refractivity contribution in [2.24, 2.45) is 10.9 Å². The molecule has 1 aliphatic heterocycles. The molecule has 1 aliphatic rings. The van der Waals surface area contributed by atoms with Crippen LogP contribution in [0.25, 0.3) is 0 Å². The Labute approximate surface area is 102 Å². The van der Waals surface area contributed by atoms with Gasteiger partial charge in [-0.25, -0.2) is 0 Å². The molecule has 2 unspecified atom stereocenters. The minimum atomic E-state index is -4.14. The number of alkyl halides is 3. The summed E-state index contributed by atoms with van der Waals surface area (Å²) in [5, 5.41) is 3.96. The molecule has 0 spiro atoms. The molecule has 1 heterocycles. The van der Waals surface area contributed by atoms with E-state index in [1.54, 1.807) is 11.8 Å². The summed E-state index contributed by atoms with van der Waals surface area (Å²) < 4.78 is 35.5. The summed E-state index contributed by atoms with van der Waals surface area (Å²) in [5.74, 6) is 1.52. The quantitative estimate of drug-likeness (QED) is 0.799. The number of halogens is 3. The van der Waals surface area contributed by atoms with Gasteiger partial charge in [0.2, 0.25) is 0 Å². The predicted molar refractivity (Wildman–Crippen MR) is 65.0 cm³/mol. The molecule has 94 valence electrons. The second kappa shape index (κ2) is 6.05. The van der Waals surface area contributed by atoms with Crippen LogP contribution in [0.4, 0.5) is 13.2 Å². The lowest BCUT2D eigenvalue weighted by Gasteiger charge is -2.28. The van der Waals surface area contributed by atoms with Gasteiger partial charge in [0.1, 0.15) is 0 Å². The van der Waals surface area contributed by atoms with Crippen molar-refractivity contribution in [2.75, 3.05) is 18.1 Å². The average Bonchev–Trinajstić information content (AvgIpc) is 2.17. The monoisotopic (exact) mass is 272 g/mol. The number of aliphatic imine (C=N–C) groups is 1. The molecule has 7 heteroatoms. The van der Waals surface area contributed by atoms with Crippen molar-refractivity contribution in [3.05, 3.63) is 0 Å². The Hall–Kier alpha value is -0.0400. The maximum atomic E-state index is 11.8. The summed E-state index contributed by atoms with van der Waals surface area (Å²) in [4.78, 5) is 4.12. The van der Waals surface area contributed by atoms with Crippen LogP contribution >= 0.6 is 23.5 Å². The number of nitrogens with zero attached hydrogens (tertiary/aromatic N) is 1. The first kappa shape index (κ1) is 14.0. The summed E-state index contributed by atoms with van der Waals surface area (Å²) >= 11 is 1.56. The first-order valence-corrected chi connectivity index (χ1v) is 7.00. The lowest BCUT2D eigenvalue weighted by atomic mass is 10.1. The summed E-state index contributed by atoms with van der Waals surface area (Å²) in [6, 6.07) is 0.343. The van der Waals surface area contributed by atoms with E-state index in [0.29, 0.717) is 12.0 Å². The molecule has 0 aromatic carbocycles. The Morgan fingerprint density at radius 3 is 2.75 bits per heavy atom. The Morgan fingerprint density at radius 1 is 1.50 bits per heavy atom. The number of hydrogen-bond acceptors (Lipinski definition) is 3. The van der Waals surface area contributed by atoms with E-state index in [4.69, 9.17) is 0 Å². The van der Waals surface area contributed by atoms with Gasteiger partial charge >= 0.3 is 5.51 Å². The van der Waals surface area contributed by atoms with Crippen molar-refractivity contribution in [3.63, 3.8) is 0 Å². The fourth-order valence-corrected chi connectivity index (χ4v) is 2.71. The van der Waals surface area contributed by atoms with Crippen LogP contribution < -0.4 is 5.32 Å². The van der Waals surface area contributed by atoms with Crippen LogP contribution in [-0.4, -0.2) is 34.8 Å². The van der Waals surface area contributed by atoms with Gasteiger partial charge in [-0.2, -0.15) is 13.2 Å². The SMILES string of the molecule is CC1CSC(=NCCSC(F)(F)F)NC1C. The third-order valence-corrected chi connectivity index (χ3v) is 4.23. The van der Waals surface area contributed by atoms with E-state index in [1.807, 2.05) is 0 Å². The van der Waals surface area contributed by atoms with Gasteiger partial charge in [0.05, 0.1) is 6.54 Å². The molecule has 0 saturated carbocycles. The molecule has 1 fully saturated rings. The van der Waals surface area contributed by atoms with Crippen molar-refractivity contribution >= 4 is 28.7 Å². The maximum absolute atomic E-state index is 11.8. The van der Waals surface area contributed by atoms with Gasteiger partial charge in [-0.05, 0) is 24.6 Å². The fraction of sp³-hybridized carbons (Fsp3) is 0.889. The van der Waals surface area contributed by atoms with Gasteiger partial charge in [-0.3, -0.25) is 4.99 Å². The molecule has 0 radical (unpaired) electrons. The van der Waals surface area contributed by atoms with E-state index >= 15 is 0 Å². The highest BCUT2D eigenvalue weighted by molar-refractivity contribution is 8.13. The molecule has 0 aromatic rings. The van der Waals surface area contributed by atoms with E-state index in [-0.39, 0.29) is 24.1 Å². The average molecular weight is 272 g/mol. The van der Waals surface area contributed by atoms with Crippen LogP contribution in [0.15, 0.2) is 4.99 Å². The van der Waals surface area contributed by atoms with E-state index < -0.39 is 5.51 Å². The zero-order chi connectivity index (χ0) is 12.2. The molecule has 0 amide bonds. The molecule has 16 heavy (non-hydrogen) atoms. The Balaban J connectivity index is 2.25. The summed E-state index contributed by atoms with van der Waals surface area (Å²) in [6.45, 7) is 4.41. The topological polar surface area (TPSA) is 24.4 Å². The molecule has 0 bridgehead atoms. The molecule has 1 N–H and O–H groups in total. The van der Waals surface area contributed by atoms with Crippen molar-refractivity contribution in [2.45, 2.75) is 25.4 Å². The standard InChI is InChI=1S/C9H15F3N2S2/c1-6-5-15-8(14-7(6)2)13-3-4-16-9(10,11)12/h6-7H,3-5H2,1-2H3,(H,13,14). The van der Waals surface area contributed by atoms with Crippen LogP contribution in [0.2, 0.25) is 0 Å². The largest absolute Gasteiger partial charge is 0.441 e. The smallest absolute Gasteiger partial charge is 0.362 e.